The molecule has 0 aromatic heterocycles. The summed E-state index contributed by atoms with van der Waals surface area (Å²) in [5.41, 5.74) is 6.89. The van der Waals surface area contributed by atoms with Crippen molar-refractivity contribution >= 4 is 5.90 Å². The summed E-state index contributed by atoms with van der Waals surface area (Å²) in [5, 5.41) is 0. The summed E-state index contributed by atoms with van der Waals surface area (Å²) in [6.07, 6.45) is 1.66. The zero-order chi connectivity index (χ0) is 9.80. The minimum atomic E-state index is -0.152. The molecular weight excluding hydrogens is 176 g/mol. The molecule has 1 aliphatic heterocycles. The van der Waals surface area contributed by atoms with E-state index in [1.165, 1.54) is 5.56 Å². The second kappa shape index (κ2) is 4.24. The summed E-state index contributed by atoms with van der Waals surface area (Å²) in [7, 11) is 0. The Kier molecular flexibility index (Phi) is 2.79. The van der Waals surface area contributed by atoms with Crippen LogP contribution in [0.4, 0.5) is 0 Å². The highest BCUT2D eigenvalue weighted by Crippen LogP contribution is 2.08. The summed E-state index contributed by atoms with van der Waals surface area (Å²) < 4.78 is 5.31. The predicted octanol–water partition coefficient (Wildman–Crippen LogP) is 1.33. The Morgan fingerprint density at radius 1 is 1.29 bits per heavy atom. The van der Waals surface area contributed by atoms with Gasteiger partial charge in [0, 0.05) is 6.42 Å². The molecule has 0 aliphatic carbocycles. The van der Waals surface area contributed by atoms with E-state index in [2.05, 4.69) is 17.1 Å². The number of rotatable bonds is 3. The fourth-order valence-electron chi connectivity index (χ4n) is 1.47. The maximum Gasteiger partial charge on any atom is 0.185 e. The topological polar surface area (TPSA) is 47.6 Å². The minimum Gasteiger partial charge on any atom is -0.477 e. The van der Waals surface area contributed by atoms with Gasteiger partial charge in [-0.1, -0.05) is 30.3 Å². The van der Waals surface area contributed by atoms with Crippen LogP contribution in [0.5, 0.6) is 0 Å². The predicted molar refractivity (Wildman–Crippen MR) is 56.1 cm³/mol. The van der Waals surface area contributed by atoms with E-state index in [1.807, 2.05) is 18.2 Å². The van der Waals surface area contributed by atoms with Crippen molar-refractivity contribution in [3.05, 3.63) is 35.9 Å². The lowest BCUT2D eigenvalue weighted by molar-refractivity contribution is 0.312. The van der Waals surface area contributed by atoms with Crippen molar-refractivity contribution in [3.63, 3.8) is 0 Å². The van der Waals surface area contributed by atoms with Crippen LogP contribution in [0.2, 0.25) is 0 Å². The number of hydrogen-bond donors (Lipinski definition) is 1. The lowest BCUT2D eigenvalue weighted by Gasteiger charge is -2.01. The number of nitrogens with two attached hydrogens (primary N) is 1. The van der Waals surface area contributed by atoms with Crippen molar-refractivity contribution in [1.82, 2.24) is 0 Å². The number of ether oxygens (including phenoxy) is 1. The normalized spacial score (nSPS) is 20.4. The molecule has 74 valence electrons. The van der Waals surface area contributed by atoms with E-state index in [-0.39, 0.29) is 6.17 Å². The first-order chi connectivity index (χ1) is 6.84. The van der Waals surface area contributed by atoms with Gasteiger partial charge in [-0.2, -0.15) is 0 Å². The van der Waals surface area contributed by atoms with Crippen LogP contribution < -0.4 is 5.73 Å². The Balaban J connectivity index is 1.86. The first-order valence-electron chi connectivity index (χ1n) is 4.83. The molecule has 1 atom stereocenters. The van der Waals surface area contributed by atoms with E-state index in [0.29, 0.717) is 6.61 Å². The molecular formula is C11H14N2O. The van der Waals surface area contributed by atoms with E-state index >= 15 is 0 Å². The van der Waals surface area contributed by atoms with E-state index in [1.54, 1.807) is 0 Å². The first-order valence-corrected chi connectivity index (χ1v) is 4.83. The summed E-state index contributed by atoms with van der Waals surface area (Å²) in [6.45, 7) is 0.532. The number of hydrogen-bond acceptors (Lipinski definition) is 3. The van der Waals surface area contributed by atoms with Gasteiger partial charge < -0.3 is 10.5 Å². The molecule has 0 radical (unpaired) electrons. The van der Waals surface area contributed by atoms with Gasteiger partial charge in [-0.3, -0.25) is 0 Å². The maximum absolute atomic E-state index is 5.58. The van der Waals surface area contributed by atoms with Gasteiger partial charge in [0.25, 0.3) is 0 Å². The first kappa shape index (κ1) is 9.21. The molecule has 1 aromatic carbocycles. The summed E-state index contributed by atoms with van der Waals surface area (Å²) >= 11 is 0. The second-order valence-electron chi connectivity index (χ2n) is 3.39. The molecule has 3 nitrogen and oxygen atoms in total. The zero-order valence-corrected chi connectivity index (χ0v) is 8.02. The van der Waals surface area contributed by atoms with Gasteiger partial charge in [-0.05, 0) is 12.0 Å². The molecule has 0 saturated heterocycles. The van der Waals surface area contributed by atoms with Gasteiger partial charge in [-0.15, -0.1) is 0 Å². The highest BCUT2D eigenvalue weighted by Gasteiger charge is 2.13. The van der Waals surface area contributed by atoms with Crippen molar-refractivity contribution in [3.8, 4) is 0 Å². The average molecular weight is 190 g/mol. The molecule has 2 N–H and O–H groups in total. The van der Waals surface area contributed by atoms with E-state index in [4.69, 9.17) is 10.5 Å². The van der Waals surface area contributed by atoms with Crippen molar-refractivity contribution in [2.45, 2.75) is 19.0 Å². The molecule has 14 heavy (non-hydrogen) atoms. The monoisotopic (exact) mass is 190 g/mol. The SMILES string of the molecule is N[C@H]1COC(CCc2ccccc2)=N1. The highest BCUT2D eigenvalue weighted by molar-refractivity contribution is 5.77. The van der Waals surface area contributed by atoms with E-state index in [9.17, 15) is 0 Å². The van der Waals surface area contributed by atoms with Gasteiger partial charge in [0.2, 0.25) is 0 Å². The number of aryl methyl sites for hydroxylation is 1. The molecule has 1 heterocycles. The van der Waals surface area contributed by atoms with Crippen molar-refractivity contribution in [2.24, 2.45) is 10.7 Å². The fraction of sp³-hybridized carbons (Fsp3) is 0.364. The van der Waals surface area contributed by atoms with Gasteiger partial charge in [0.05, 0.1) is 0 Å². The third kappa shape index (κ3) is 2.33. The Morgan fingerprint density at radius 2 is 2.07 bits per heavy atom. The fourth-order valence-corrected chi connectivity index (χ4v) is 1.47. The van der Waals surface area contributed by atoms with Gasteiger partial charge >= 0.3 is 0 Å². The lowest BCUT2D eigenvalue weighted by Crippen LogP contribution is -2.17. The minimum absolute atomic E-state index is 0.152. The largest absolute Gasteiger partial charge is 0.477 e. The number of nitrogens with zero attached hydrogens (tertiary/aromatic N) is 1. The van der Waals surface area contributed by atoms with E-state index in [0.717, 1.165) is 18.7 Å². The third-order valence-electron chi connectivity index (χ3n) is 2.20. The molecule has 0 fully saturated rings. The highest BCUT2D eigenvalue weighted by atomic mass is 16.5. The molecule has 0 spiro atoms. The zero-order valence-electron chi connectivity index (χ0n) is 8.02. The standard InChI is InChI=1S/C11H14N2O/c12-10-8-14-11(13-10)7-6-9-4-2-1-3-5-9/h1-5,10H,6-8,12H2/t10-/m1/s1. The number of benzene rings is 1. The third-order valence-corrected chi connectivity index (χ3v) is 2.20. The van der Waals surface area contributed by atoms with Crippen LogP contribution in [0.15, 0.2) is 35.3 Å². The summed E-state index contributed by atoms with van der Waals surface area (Å²) in [4.78, 5) is 4.18. The Bertz CT molecular complexity index is 321. The Morgan fingerprint density at radius 3 is 2.71 bits per heavy atom. The summed E-state index contributed by atoms with van der Waals surface area (Å²) in [6, 6.07) is 10.3. The maximum atomic E-state index is 5.58. The number of aliphatic imine (C=N–C) groups is 1. The van der Waals surface area contributed by atoms with Crippen molar-refractivity contribution < 1.29 is 4.74 Å². The smallest absolute Gasteiger partial charge is 0.185 e. The van der Waals surface area contributed by atoms with Crippen LogP contribution in [-0.2, 0) is 11.2 Å². The molecule has 0 saturated carbocycles. The molecule has 2 rings (SSSR count). The average Bonchev–Trinajstić information content (AvgIpc) is 2.63. The van der Waals surface area contributed by atoms with Crippen molar-refractivity contribution in [2.75, 3.05) is 6.61 Å². The van der Waals surface area contributed by atoms with E-state index < -0.39 is 0 Å². The molecule has 3 heteroatoms. The van der Waals surface area contributed by atoms with Gasteiger partial charge in [0.15, 0.2) is 5.90 Å². The van der Waals surface area contributed by atoms with Crippen molar-refractivity contribution in [1.29, 1.82) is 0 Å². The summed E-state index contributed by atoms with van der Waals surface area (Å²) in [5.74, 6) is 0.793. The molecule has 0 amide bonds. The molecule has 0 unspecified atom stereocenters. The van der Waals surface area contributed by atoms with Crippen LogP contribution in [0.1, 0.15) is 12.0 Å². The van der Waals surface area contributed by atoms with Gasteiger partial charge in [0.1, 0.15) is 12.8 Å². The Hall–Kier alpha value is -1.35. The van der Waals surface area contributed by atoms with Crippen LogP contribution >= 0.6 is 0 Å². The van der Waals surface area contributed by atoms with Gasteiger partial charge in [-0.25, -0.2) is 4.99 Å². The molecule has 0 bridgehead atoms. The Labute approximate surface area is 83.6 Å². The van der Waals surface area contributed by atoms with Crippen LogP contribution in [-0.4, -0.2) is 18.7 Å². The quantitative estimate of drug-likeness (QED) is 0.781. The molecule has 1 aromatic rings. The molecule has 1 aliphatic rings. The second-order valence-corrected chi connectivity index (χ2v) is 3.39. The van der Waals surface area contributed by atoms with Crippen LogP contribution in [0.25, 0.3) is 0 Å². The van der Waals surface area contributed by atoms with Crippen LogP contribution in [0, 0.1) is 0 Å². The lowest BCUT2D eigenvalue weighted by atomic mass is 10.1. The van der Waals surface area contributed by atoms with Crippen LogP contribution in [0.3, 0.4) is 0 Å².